The lowest BCUT2D eigenvalue weighted by molar-refractivity contribution is -0.138. The molecule has 1 saturated heterocycles. The third-order valence-electron chi connectivity index (χ3n) is 5.05. The van der Waals surface area contributed by atoms with Gasteiger partial charge in [0.05, 0.1) is 10.6 Å². The van der Waals surface area contributed by atoms with Gasteiger partial charge in [-0.05, 0) is 31.2 Å². The van der Waals surface area contributed by atoms with Crippen molar-refractivity contribution in [2.24, 2.45) is 7.05 Å². The van der Waals surface area contributed by atoms with Crippen LogP contribution in [0.5, 0.6) is 5.75 Å². The zero-order valence-corrected chi connectivity index (χ0v) is 17.7. The number of hydrogen-bond donors (Lipinski definition) is 1. The number of ether oxygens (including phenoxy) is 1. The van der Waals surface area contributed by atoms with E-state index in [-0.39, 0.29) is 34.0 Å². The van der Waals surface area contributed by atoms with E-state index in [0.717, 1.165) is 18.2 Å². The van der Waals surface area contributed by atoms with Crippen LogP contribution in [0.2, 0.25) is 5.02 Å². The molecule has 1 aliphatic heterocycles. The molecule has 1 N–H and O–H groups in total. The van der Waals surface area contributed by atoms with Gasteiger partial charge in [-0.1, -0.05) is 11.6 Å². The number of nitrogens with one attached hydrogen (secondary N) is 1. The van der Waals surface area contributed by atoms with E-state index >= 15 is 0 Å². The fourth-order valence-corrected chi connectivity index (χ4v) is 3.49. The Kier molecular flexibility index (Phi) is 6.78. The van der Waals surface area contributed by atoms with Crippen LogP contribution < -0.4 is 15.6 Å². The molecule has 11 heteroatoms. The maximum absolute atomic E-state index is 12.9. The predicted octanol–water partition coefficient (Wildman–Crippen LogP) is 3.32. The Morgan fingerprint density at radius 1 is 1.29 bits per heavy atom. The Balaban J connectivity index is 1.57. The number of alkyl halides is 3. The second kappa shape index (κ2) is 9.17. The van der Waals surface area contributed by atoms with E-state index in [0.29, 0.717) is 25.9 Å². The molecule has 1 aliphatic rings. The van der Waals surface area contributed by atoms with E-state index in [4.69, 9.17) is 16.3 Å². The van der Waals surface area contributed by atoms with E-state index in [1.54, 1.807) is 11.8 Å². The van der Waals surface area contributed by atoms with Crippen LogP contribution in [0.1, 0.15) is 25.3 Å². The van der Waals surface area contributed by atoms with Crippen molar-refractivity contribution in [1.29, 1.82) is 0 Å². The smallest absolute Gasteiger partial charge is 0.416 e. The number of aryl methyl sites for hydroxylation is 1. The highest BCUT2D eigenvalue weighted by molar-refractivity contribution is 6.32. The Morgan fingerprint density at radius 2 is 1.97 bits per heavy atom. The lowest BCUT2D eigenvalue weighted by Crippen LogP contribution is -2.47. The number of benzene rings is 1. The van der Waals surface area contributed by atoms with Crippen LogP contribution in [0.15, 0.2) is 35.3 Å². The monoisotopic (exact) mass is 458 g/mol. The lowest BCUT2D eigenvalue weighted by atomic mass is 10.1. The molecule has 31 heavy (non-hydrogen) atoms. The maximum atomic E-state index is 12.9. The van der Waals surface area contributed by atoms with Crippen LogP contribution in [0.3, 0.4) is 0 Å². The third kappa shape index (κ3) is 5.49. The molecule has 1 aromatic heterocycles. The first-order chi connectivity index (χ1) is 14.6. The molecule has 1 atom stereocenters. The van der Waals surface area contributed by atoms with Gasteiger partial charge in [-0.3, -0.25) is 9.59 Å². The van der Waals surface area contributed by atoms with Crippen molar-refractivity contribution in [1.82, 2.24) is 14.7 Å². The van der Waals surface area contributed by atoms with Crippen molar-refractivity contribution < 1.29 is 22.7 Å². The van der Waals surface area contributed by atoms with E-state index in [1.165, 1.54) is 24.0 Å². The molecule has 1 fully saturated rings. The summed E-state index contributed by atoms with van der Waals surface area (Å²) in [5, 5.41) is 6.84. The molecule has 2 heterocycles. The zero-order valence-electron chi connectivity index (χ0n) is 16.9. The van der Waals surface area contributed by atoms with Crippen molar-refractivity contribution in [3.05, 3.63) is 51.4 Å². The fourth-order valence-electron chi connectivity index (χ4n) is 3.33. The van der Waals surface area contributed by atoms with Crippen LogP contribution >= 0.6 is 11.6 Å². The second-order valence-electron chi connectivity index (χ2n) is 7.33. The minimum absolute atomic E-state index is 0.0233. The number of aromatic nitrogens is 2. The highest BCUT2D eigenvalue weighted by Gasteiger charge is 2.32. The zero-order chi connectivity index (χ0) is 22.8. The van der Waals surface area contributed by atoms with E-state index in [9.17, 15) is 22.8 Å². The summed E-state index contributed by atoms with van der Waals surface area (Å²) in [6, 6.07) is 3.83. The normalized spacial score (nSPS) is 16.1. The average molecular weight is 459 g/mol. The molecule has 0 saturated carbocycles. The van der Waals surface area contributed by atoms with Gasteiger partial charge >= 0.3 is 6.18 Å². The van der Waals surface area contributed by atoms with Gasteiger partial charge < -0.3 is 15.0 Å². The SMILES string of the molecule is C[C@H](Nc1ccnn(C)c1=O)C(=O)N1CCC(Oc2cc(C(F)(F)F)ccc2Cl)CC1. The summed E-state index contributed by atoms with van der Waals surface area (Å²) < 4.78 is 45.6. The Bertz CT molecular complexity index is 1000. The largest absolute Gasteiger partial charge is 0.489 e. The van der Waals surface area contributed by atoms with Crippen LogP contribution in [0.4, 0.5) is 18.9 Å². The molecule has 0 unspecified atom stereocenters. The van der Waals surface area contributed by atoms with Gasteiger partial charge in [-0.15, -0.1) is 0 Å². The minimum atomic E-state index is -4.49. The summed E-state index contributed by atoms with van der Waals surface area (Å²) >= 11 is 5.99. The van der Waals surface area contributed by atoms with Gasteiger partial charge in [0.2, 0.25) is 5.91 Å². The number of rotatable bonds is 5. The van der Waals surface area contributed by atoms with Crippen LogP contribution in [0.25, 0.3) is 0 Å². The first-order valence-electron chi connectivity index (χ1n) is 9.67. The highest BCUT2D eigenvalue weighted by Crippen LogP contribution is 2.36. The number of carbonyl (C=O) groups is 1. The second-order valence-corrected chi connectivity index (χ2v) is 7.73. The van der Waals surface area contributed by atoms with Gasteiger partial charge in [0.1, 0.15) is 23.6 Å². The first-order valence-corrected chi connectivity index (χ1v) is 10.0. The van der Waals surface area contributed by atoms with Crippen LogP contribution in [-0.4, -0.2) is 45.8 Å². The van der Waals surface area contributed by atoms with Gasteiger partial charge in [-0.2, -0.15) is 18.3 Å². The molecule has 0 radical (unpaired) electrons. The summed E-state index contributed by atoms with van der Waals surface area (Å²) in [4.78, 5) is 26.4. The lowest BCUT2D eigenvalue weighted by Gasteiger charge is -2.34. The maximum Gasteiger partial charge on any atom is 0.416 e. The number of hydrogen-bond acceptors (Lipinski definition) is 5. The number of nitrogens with zero attached hydrogens (tertiary/aromatic N) is 3. The van der Waals surface area contributed by atoms with Crippen molar-refractivity contribution in [3.8, 4) is 5.75 Å². The van der Waals surface area contributed by atoms with Crippen molar-refractivity contribution in [3.63, 3.8) is 0 Å². The Labute approximate surface area is 181 Å². The van der Waals surface area contributed by atoms with E-state index in [2.05, 4.69) is 10.4 Å². The van der Waals surface area contributed by atoms with Crippen molar-refractivity contribution in [2.75, 3.05) is 18.4 Å². The van der Waals surface area contributed by atoms with Gasteiger partial charge in [0.15, 0.2) is 0 Å². The molecule has 0 spiro atoms. The summed E-state index contributed by atoms with van der Waals surface area (Å²) in [6.07, 6.45) is -2.50. The molecule has 168 valence electrons. The summed E-state index contributed by atoms with van der Waals surface area (Å²) in [5.74, 6) is -0.209. The molecular weight excluding hydrogens is 437 g/mol. The molecule has 1 aromatic carbocycles. The minimum Gasteiger partial charge on any atom is -0.489 e. The molecule has 0 bridgehead atoms. The number of halogens is 4. The van der Waals surface area contributed by atoms with Crippen LogP contribution in [-0.2, 0) is 18.0 Å². The van der Waals surface area contributed by atoms with Gasteiger partial charge in [-0.25, -0.2) is 4.68 Å². The summed E-state index contributed by atoms with van der Waals surface area (Å²) in [5.41, 5.74) is -0.898. The molecule has 0 aliphatic carbocycles. The standard InChI is InChI=1S/C20H22ClF3N4O3/c1-12(26-16-5-8-25-27(2)19(16)30)18(29)28-9-6-14(7-10-28)31-17-11-13(20(22,23)24)3-4-15(17)21/h3-5,8,11-12,14,26H,6-7,9-10H2,1-2H3/t12-/m0/s1. The highest BCUT2D eigenvalue weighted by atomic mass is 35.5. The third-order valence-corrected chi connectivity index (χ3v) is 5.37. The van der Waals surface area contributed by atoms with Crippen molar-refractivity contribution in [2.45, 2.75) is 38.1 Å². The number of amides is 1. The number of likely N-dealkylation sites (tertiary alicyclic amines) is 1. The molecule has 3 rings (SSSR count). The predicted molar refractivity (Wildman–Crippen MR) is 109 cm³/mol. The number of piperidine rings is 1. The molecular formula is C20H22ClF3N4O3. The number of anilines is 1. The van der Waals surface area contributed by atoms with Crippen LogP contribution in [0, 0.1) is 0 Å². The Hall–Kier alpha value is -2.75. The topological polar surface area (TPSA) is 76.5 Å². The molecule has 1 amide bonds. The number of carbonyl (C=O) groups excluding carboxylic acids is 1. The molecule has 2 aromatic rings. The summed E-state index contributed by atoms with van der Waals surface area (Å²) in [7, 11) is 1.52. The molecule has 7 nitrogen and oxygen atoms in total. The first kappa shape index (κ1) is 22.9. The van der Waals surface area contributed by atoms with Crippen molar-refractivity contribution >= 4 is 23.2 Å². The quantitative estimate of drug-likeness (QED) is 0.744. The van der Waals surface area contributed by atoms with E-state index < -0.39 is 17.8 Å². The summed E-state index contributed by atoms with van der Waals surface area (Å²) in [6.45, 7) is 2.41. The van der Waals surface area contributed by atoms with Gasteiger partial charge in [0, 0.05) is 39.2 Å². The van der Waals surface area contributed by atoms with Gasteiger partial charge in [0.25, 0.3) is 5.56 Å². The van der Waals surface area contributed by atoms with E-state index in [1.807, 2.05) is 0 Å². The Morgan fingerprint density at radius 3 is 2.61 bits per heavy atom. The average Bonchev–Trinajstić information content (AvgIpc) is 2.72. The fraction of sp³-hybridized carbons (Fsp3) is 0.450.